The number of hydrogen-bond donors (Lipinski definition) is 1. The van der Waals surface area contributed by atoms with E-state index in [9.17, 15) is 4.79 Å². The average molecular weight is 370 g/mol. The molecule has 2 atom stereocenters. The Kier molecular flexibility index (Phi) is 3.24. The van der Waals surface area contributed by atoms with Crippen molar-refractivity contribution in [2.24, 2.45) is 5.92 Å². The van der Waals surface area contributed by atoms with Crippen LogP contribution in [0.4, 0.5) is 0 Å². The van der Waals surface area contributed by atoms with Crippen LogP contribution in [0.1, 0.15) is 37.6 Å². The maximum atomic E-state index is 11.9. The fourth-order valence-electron chi connectivity index (χ4n) is 2.25. The number of H-pyrrole nitrogens is 1. The van der Waals surface area contributed by atoms with Crippen molar-refractivity contribution in [3.8, 4) is 11.6 Å². The minimum Gasteiger partial charge on any atom is -0.458 e. The highest BCUT2D eigenvalue weighted by Crippen LogP contribution is 2.47. The maximum Gasteiger partial charge on any atom is 0.264 e. The molecule has 1 aliphatic rings. The normalized spacial score (nSPS) is 21.6. The van der Waals surface area contributed by atoms with Gasteiger partial charge in [0.2, 0.25) is 0 Å². The molecule has 1 N–H and O–H groups in total. The molecule has 0 bridgehead atoms. The molecular weight excluding hydrogens is 355 g/mol. The lowest BCUT2D eigenvalue weighted by atomic mass is 10.3. The fraction of sp³-hybridized carbons (Fsp3) is 0.429. The average Bonchev–Trinajstić information content (AvgIpc) is 2.93. The van der Waals surface area contributed by atoms with Gasteiger partial charge in [0.05, 0.1) is 9.26 Å². The highest BCUT2D eigenvalue weighted by atomic mass is 127. The number of aromatic amines is 1. The summed E-state index contributed by atoms with van der Waals surface area (Å²) in [5, 5.41) is 0. The van der Waals surface area contributed by atoms with Crippen molar-refractivity contribution in [1.82, 2.24) is 9.97 Å². The molecule has 5 heteroatoms. The van der Waals surface area contributed by atoms with Crippen molar-refractivity contribution < 1.29 is 4.42 Å². The Labute approximate surface area is 124 Å². The molecule has 4 nitrogen and oxygen atoms in total. The molecule has 2 aromatic heterocycles. The lowest BCUT2D eigenvalue weighted by Gasteiger charge is -2.02. The van der Waals surface area contributed by atoms with Crippen LogP contribution in [0.15, 0.2) is 21.3 Å². The molecule has 0 spiro atoms. The van der Waals surface area contributed by atoms with Gasteiger partial charge in [0, 0.05) is 5.92 Å². The van der Waals surface area contributed by atoms with Gasteiger partial charge in [-0.3, -0.25) is 4.79 Å². The fourth-order valence-corrected chi connectivity index (χ4v) is 2.89. The van der Waals surface area contributed by atoms with Crippen molar-refractivity contribution in [3.63, 3.8) is 0 Å². The van der Waals surface area contributed by atoms with Gasteiger partial charge in [0.15, 0.2) is 11.6 Å². The lowest BCUT2D eigenvalue weighted by molar-refractivity contribution is 0.514. The van der Waals surface area contributed by atoms with Gasteiger partial charge in [-0.1, -0.05) is 13.8 Å². The van der Waals surface area contributed by atoms with Crippen LogP contribution in [0.5, 0.6) is 0 Å². The monoisotopic (exact) mass is 370 g/mol. The van der Waals surface area contributed by atoms with Crippen molar-refractivity contribution >= 4 is 22.6 Å². The van der Waals surface area contributed by atoms with Gasteiger partial charge in [-0.2, -0.15) is 0 Å². The summed E-state index contributed by atoms with van der Waals surface area (Å²) in [6.45, 7) is 4.21. The van der Waals surface area contributed by atoms with E-state index < -0.39 is 0 Å². The SMILES string of the molecule is CCc1nc(-c2ccc(C3CC3C)o2)[nH]c(=O)c1I. The quantitative estimate of drug-likeness (QED) is 0.844. The summed E-state index contributed by atoms with van der Waals surface area (Å²) in [6.07, 6.45) is 1.92. The molecule has 1 fully saturated rings. The minimum atomic E-state index is -0.0970. The molecule has 0 aliphatic heterocycles. The summed E-state index contributed by atoms with van der Waals surface area (Å²) < 4.78 is 6.48. The molecule has 3 rings (SSSR count). The highest BCUT2D eigenvalue weighted by Gasteiger charge is 2.36. The second-order valence-electron chi connectivity index (χ2n) is 5.05. The third-order valence-corrected chi connectivity index (χ3v) is 4.71. The van der Waals surface area contributed by atoms with E-state index in [-0.39, 0.29) is 5.56 Å². The number of rotatable bonds is 3. The number of aromatic nitrogens is 2. The Hall–Kier alpha value is -1.11. The van der Waals surface area contributed by atoms with Gasteiger partial charge in [0.1, 0.15) is 5.76 Å². The summed E-state index contributed by atoms with van der Waals surface area (Å²) in [5.74, 6) is 3.42. The van der Waals surface area contributed by atoms with Crippen molar-refractivity contribution in [1.29, 1.82) is 0 Å². The van der Waals surface area contributed by atoms with Gasteiger partial charge in [0.25, 0.3) is 5.56 Å². The first kappa shape index (κ1) is 12.9. The smallest absolute Gasteiger partial charge is 0.264 e. The Balaban J connectivity index is 2.00. The molecule has 1 saturated carbocycles. The second kappa shape index (κ2) is 4.77. The second-order valence-corrected chi connectivity index (χ2v) is 6.13. The van der Waals surface area contributed by atoms with E-state index in [1.165, 1.54) is 6.42 Å². The van der Waals surface area contributed by atoms with Gasteiger partial charge in [-0.15, -0.1) is 0 Å². The molecule has 0 radical (unpaired) electrons. The molecular formula is C14H15IN2O2. The van der Waals surface area contributed by atoms with E-state index in [4.69, 9.17) is 4.42 Å². The Morgan fingerprint density at radius 3 is 2.89 bits per heavy atom. The Morgan fingerprint density at radius 2 is 2.26 bits per heavy atom. The number of hydrogen-bond acceptors (Lipinski definition) is 3. The van der Waals surface area contributed by atoms with E-state index in [1.54, 1.807) is 0 Å². The molecule has 19 heavy (non-hydrogen) atoms. The number of nitrogens with zero attached hydrogens (tertiary/aromatic N) is 1. The third kappa shape index (κ3) is 2.35. The van der Waals surface area contributed by atoms with Crippen molar-refractivity contribution in [2.75, 3.05) is 0 Å². The standard InChI is InChI=1S/C14H15IN2O2/c1-3-9-12(15)14(18)17-13(16-9)11-5-4-10(19-11)8-6-7(8)2/h4-5,7-8H,3,6H2,1-2H3,(H,16,17,18). The highest BCUT2D eigenvalue weighted by molar-refractivity contribution is 14.1. The molecule has 0 aromatic carbocycles. The summed E-state index contributed by atoms with van der Waals surface area (Å²) >= 11 is 2.03. The molecule has 0 amide bonds. The molecule has 2 aromatic rings. The van der Waals surface area contributed by atoms with Crippen LogP contribution in [-0.4, -0.2) is 9.97 Å². The first-order chi connectivity index (χ1) is 9.10. The van der Waals surface area contributed by atoms with Crippen LogP contribution in [0, 0.1) is 9.49 Å². The van der Waals surface area contributed by atoms with Gasteiger partial charge in [-0.25, -0.2) is 4.98 Å². The summed E-state index contributed by atoms with van der Waals surface area (Å²) in [5.41, 5.74) is 0.720. The van der Waals surface area contributed by atoms with Crippen LogP contribution in [0.3, 0.4) is 0 Å². The largest absolute Gasteiger partial charge is 0.458 e. The van der Waals surface area contributed by atoms with Crippen molar-refractivity contribution in [3.05, 3.63) is 37.5 Å². The van der Waals surface area contributed by atoms with Crippen molar-refractivity contribution in [2.45, 2.75) is 32.6 Å². The van der Waals surface area contributed by atoms with Gasteiger partial charge < -0.3 is 9.40 Å². The first-order valence-electron chi connectivity index (χ1n) is 6.49. The lowest BCUT2D eigenvalue weighted by Crippen LogP contribution is -2.15. The Morgan fingerprint density at radius 1 is 1.53 bits per heavy atom. The number of aryl methyl sites for hydroxylation is 1. The molecule has 100 valence electrons. The molecule has 1 aliphatic carbocycles. The van der Waals surface area contributed by atoms with Crippen LogP contribution >= 0.6 is 22.6 Å². The summed E-state index contributed by atoms with van der Waals surface area (Å²) in [7, 11) is 0. The summed E-state index contributed by atoms with van der Waals surface area (Å²) in [6, 6.07) is 3.89. The number of nitrogens with one attached hydrogen (secondary N) is 1. The van der Waals surface area contributed by atoms with E-state index in [0.717, 1.165) is 17.9 Å². The minimum absolute atomic E-state index is 0.0970. The van der Waals surface area contributed by atoms with E-state index >= 15 is 0 Å². The topological polar surface area (TPSA) is 58.9 Å². The predicted octanol–water partition coefficient (Wildman–Crippen LogP) is 3.32. The number of furan rings is 1. The van der Waals surface area contributed by atoms with Crippen LogP contribution < -0.4 is 5.56 Å². The Bertz CT molecular complexity index is 674. The van der Waals surface area contributed by atoms with E-state index in [2.05, 4.69) is 16.9 Å². The van der Waals surface area contributed by atoms with Crippen LogP contribution in [0.2, 0.25) is 0 Å². The number of halogens is 1. The summed E-state index contributed by atoms with van der Waals surface area (Å²) in [4.78, 5) is 19.1. The molecule has 2 unspecified atom stereocenters. The van der Waals surface area contributed by atoms with Gasteiger partial charge >= 0.3 is 0 Å². The maximum absolute atomic E-state index is 11.9. The third-order valence-electron chi connectivity index (χ3n) is 3.60. The van der Waals surface area contributed by atoms with Gasteiger partial charge in [-0.05, 0) is 53.5 Å². The zero-order valence-electron chi connectivity index (χ0n) is 10.9. The molecule has 2 heterocycles. The predicted molar refractivity (Wildman–Crippen MR) is 81.2 cm³/mol. The van der Waals surface area contributed by atoms with E-state index in [1.807, 2.05) is 41.6 Å². The van der Waals surface area contributed by atoms with Crippen LogP contribution in [-0.2, 0) is 6.42 Å². The molecule has 0 saturated heterocycles. The zero-order chi connectivity index (χ0) is 13.6. The van der Waals surface area contributed by atoms with E-state index in [0.29, 0.717) is 27.0 Å². The first-order valence-corrected chi connectivity index (χ1v) is 7.56. The zero-order valence-corrected chi connectivity index (χ0v) is 13.0. The van der Waals surface area contributed by atoms with Crippen LogP contribution in [0.25, 0.3) is 11.6 Å².